The molecule has 0 aliphatic carbocycles. The van der Waals surface area contributed by atoms with Gasteiger partial charge in [0, 0.05) is 24.1 Å². The molecule has 1 aliphatic rings. The van der Waals surface area contributed by atoms with E-state index in [1.165, 1.54) is 24.1 Å². The van der Waals surface area contributed by atoms with Crippen LogP contribution >= 0.6 is 24.1 Å². The molecule has 1 unspecified atom stereocenters. The second kappa shape index (κ2) is 4.37. The standard InChI is InChI=1S/C9H10O2S2/c1-7-6-10-12-8-4-2-3-5-9(8)13-11-7/h2-5,7H,6H2,1H3. The summed E-state index contributed by atoms with van der Waals surface area (Å²) in [6, 6.07) is 8.07. The highest BCUT2D eigenvalue weighted by Gasteiger charge is 2.12. The molecule has 0 saturated carbocycles. The van der Waals surface area contributed by atoms with Crippen molar-refractivity contribution in [3.05, 3.63) is 24.3 Å². The molecule has 2 rings (SSSR count). The Bertz CT molecular complexity index is 291. The molecule has 2 nitrogen and oxygen atoms in total. The van der Waals surface area contributed by atoms with E-state index in [9.17, 15) is 0 Å². The molecule has 0 saturated heterocycles. The van der Waals surface area contributed by atoms with Gasteiger partial charge in [0.15, 0.2) is 0 Å². The Morgan fingerprint density at radius 1 is 1.23 bits per heavy atom. The van der Waals surface area contributed by atoms with Crippen molar-refractivity contribution in [1.82, 2.24) is 0 Å². The summed E-state index contributed by atoms with van der Waals surface area (Å²) >= 11 is 2.86. The largest absolute Gasteiger partial charge is 0.307 e. The SMILES string of the molecule is CC1COSc2ccccc2SO1. The monoisotopic (exact) mass is 214 g/mol. The summed E-state index contributed by atoms with van der Waals surface area (Å²) in [5, 5.41) is 0. The maximum atomic E-state index is 5.49. The summed E-state index contributed by atoms with van der Waals surface area (Å²) in [6.07, 6.45) is 0.144. The summed E-state index contributed by atoms with van der Waals surface area (Å²) in [7, 11) is 0. The third-order valence-electron chi connectivity index (χ3n) is 1.60. The summed E-state index contributed by atoms with van der Waals surface area (Å²) in [4.78, 5) is 2.25. The van der Waals surface area contributed by atoms with Crippen molar-refractivity contribution >= 4 is 24.1 Å². The van der Waals surface area contributed by atoms with E-state index in [2.05, 4.69) is 0 Å². The van der Waals surface area contributed by atoms with Crippen molar-refractivity contribution in [2.75, 3.05) is 6.61 Å². The first-order valence-electron chi connectivity index (χ1n) is 4.08. The molecular weight excluding hydrogens is 204 g/mol. The first-order valence-corrected chi connectivity index (χ1v) is 5.56. The van der Waals surface area contributed by atoms with Crippen LogP contribution in [0.2, 0.25) is 0 Å². The summed E-state index contributed by atoms with van der Waals surface area (Å²) in [5.74, 6) is 0. The molecule has 1 atom stereocenters. The summed E-state index contributed by atoms with van der Waals surface area (Å²) in [5.41, 5.74) is 0. The Hall–Kier alpha value is -0.160. The van der Waals surface area contributed by atoms with Crippen molar-refractivity contribution in [2.24, 2.45) is 0 Å². The van der Waals surface area contributed by atoms with Gasteiger partial charge in [0.05, 0.1) is 22.5 Å². The zero-order valence-corrected chi connectivity index (χ0v) is 8.86. The third kappa shape index (κ3) is 2.40. The lowest BCUT2D eigenvalue weighted by Gasteiger charge is -2.16. The molecule has 0 N–H and O–H groups in total. The van der Waals surface area contributed by atoms with Gasteiger partial charge in [0.1, 0.15) is 0 Å². The Morgan fingerprint density at radius 3 is 2.69 bits per heavy atom. The number of fused-ring (bicyclic) bond motifs is 1. The normalized spacial score (nSPS) is 23.0. The zero-order chi connectivity index (χ0) is 9.10. The van der Waals surface area contributed by atoms with Gasteiger partial charge in [-0.15, -0.1) is 0 Å². The summed E-state index contributed by atoms with van der Waals surface area (Å²) < 4.78 is 10.9. The zero-order valence-electron chi connectivity index (χ0n) is 7.23. The fourth-order valence-corrected chi connectivity index (χ4v) is 2.43. The Balaban J connectivity index is 2.20. The van der Waals surface area contributed by atoms with Crippen LogP contribution in [0.1, 0.15) is 6.92 Å². The lowest BCUT2D eigenvalue weighted by atomic mass is 10.4. The van der Waals surface area contributed by atoms with Crippen LogP contribution in [0.4, 0.5) is 0 Å². The lowest BCUT2D eigenvalue weighted by Crippen LogP contribution is -2.11. The molecular formula is C9H10O2S2. The smallest absolute Gasteiger partial charge is 0.0944 e. The molecule has 1 aliphatic heterocycles. The molecule has 1 heterocycles. The maximum Gasteiger partial charge on any atom is 0.0944 e. The van der Waals surface area contributed by atoms with Crippen molar-refractivity contribution in [3.8, 4) is 0 Å². The average molecular weight is 214 g/mol. The number of rotatable bonds is 0. The van der Waals surface area contributed by atoms with Crippen LogP contribution < -0.4 is 0 Å². The first kappa shape index (κ1) is 9.40. The minimum Gasteiger partial charge on any atom is -0.307 e. The Morgan fingerprint density at radius 2 is 1.92 bits per heavy atom. The second-order valence-electron chi connectivity index (χ2n) is 2.80. The van der Waals surface area contributed by atoms with Gasteiger partial charge >= 0.3 is 0 Å². The maximum absolute atomic E-state index is 5.49. The van der Waals surface area contributed by atoms with E-state index in [-0.39, 0.29) is 6.10 Å². The van der Waals surface area contributed by atoms with Gasteiger partial charge < -0.3 is 8.37 Å². The van der Waals surface area contributed by atoms with E-state index in [1.54, 1.807) is 0 Å². The van der Waals surface area contributed by atoms with Gasteiger partial charge in [-0.3, -0.25) is 0 Å². The van der Waals surface area contributed by atoms with Crippen LogP contribution in [0.5, 0.6) is 0 Å². The third-order valence-corrected chi connectivity index (χ3v) is 3.48. The molecule has 0 aromatic heterocycles. The highest BCUT2D eigenvalue weighted by molar-refractivity contribution is 7.97. The quantitative estimate of drug-likeness (QED) is 0.617. The fraction of sp³-hybridized carbons (Fsp3) is 0.333. The van der Waals surface area contributed by atoms with Gasteiger partial charge in [0.25, 0.3) is 0 Å². The molecule has 1 aromatic rings. The molecule has 0 spiro atoms. The predicted molar refractivity (Wildman–Crippen MR) is 54.7 cm³/mol. The molecule has 1 aromatic carbocycles. The van der Waals surface area contributed by atoms with Gasteiger partial charge in [-0.25, -0.2) is 0 Å². The van der Waals surface area contributed by atoms with Crippen molar-refractivity contribution < 1.29 is 8.37 Å². The van der Waals surface area contributed by atoms with Crippen LogP contribution in [-0.4, -0.2) is 12.7 Å². The van der Waals surface area contributed by atoms with Crippen LogP contribution in [0.15, 0.2) is 34.1 Å². The highest BCUT2D eigenvalue weighted by atomic mass is 32.2. The molecule has 4 heteroatoms. The molecule has 0 bridgehead atoms. The Kier molecular flexibility index (Phi) is 3.16. The molecule has 70 valence electrons. The second-order valence-corrected chi connectivity index (χ2v) is 4.45. The minimum absolute atomic E-state index is 0.144. The van der Waals surface area contributed by atoms with E-state index in [1.807, 2.05) is 31.2 Å². The van der Waals surface area contributed by atoms with Gasteiger partial charge in [0.2, 0.25) is 0 Å². The lowest BCUT2D eigenvalue weighted by molar-refractivity contribution is 0.180. The van der Waals surface area contributed by atoms with E-state index in [0.29, 0.717) is 6.61 Å². The van der Waals surface area contributed by atoms with Crippen LogP contribution in [0.3, 0.4) is 0 Å². The topological polar surface area (TPSA) is 18.5 Å². The van der Waals surface area contributed by atoms with Crippen LogP contribution in [0, 0.1) is 0 Å². The Labute approximate surface area is 86.4 Å². The van der Waals surface area contributed by atoms with Crippen molar-refractivity contribution in [1.29, 1.82) is 0 Å². The van der Waals surface area contributed by atoms with Gasteiger partial charge in [-0.1, -0.05) is 12.1 Å². The van der Waals surface area contributed by atoms with Gasteiger partial charge in [-0.05, 0) is 19.1 Å². The molecule has 13 heavy (non-hydrogen) atoms. The molecule has 0 amide bonds. The molecule has 0 fully saturated rings. The van der Waals surface area contributed by atoms with Crippen LogP contribution in [0.25, 0.3) is 0 Å². The predicted octanol–water partition coefficient (Wildman–Crippen LogP) is 3.14. The van der Waals surface area contributed by atoms with E-state index >= 15 is 0 Å². The first-order chi connectivity index (χ1) is 6.36. The van der Waals surface area contributed by atoms with E-state index in [4.69, 9.17) is 8.37 Å². The number of hydrogen-bond donors (Lipinski definition) is 0. The van der Waals surface area contributed by atoms with E-state index < -0.39 is 0 Å². The van der Waals surface area contributed by atoms with Crippen LogP contribution in [-0.2, 0) is 8.37 Å². The van der Waals surface area contributed by atoms with Crippen molar-refractivity contribution in [3.63, 3.8) is 0 Å². The van der Waals surface area contributed by atoms with E-state index in [0.717, 1.165) is 9.79 Å². The summed E-state index contributed by atoms with van der Waals surface area (Å²) in [6.45, 7) is 2.63. The van der Waals surface area contributed by atoms with Crippen molar-refractivity contribution in [2.45, 2.75) is 22.8 Å². The van der Waals surface area contributed by atoms with Gasteiger partial charge in [-0.2, -0.15) is 0 Å². The fourth-order valence-electron chi connectivity index (χ4n) is 0.943. The highest BCUT2D eigenvalue weighted by Crippen LogP contribution is 2.34. The number of benzene rings is 1. The average Bonchev–Trinajstić information content (AvgIpc) is 2.13. The number of hydrogen-bond acceptors (Lipinski definition) is 4. The molecule has 0 radical (unpaired) electrons. The minimum atomic E-state index is 0.144.